The average molecular weight is 1420 g/mol. The third kappa shape index (κ3) is 25.5. The number of hydrogen-bond donors (Lipinski definition) is 1. The fourth-order valence-corrected chi connectivity index (χ4v) is 14.1. The number of nitrogens with two attached hydrogens (primary N) is 1. The molecule has 103 heavy (non-hydrogen) atoms. The smallest absolute Gasteiger partial charge is 0.335 e. The van der Waals surface area contributed by atoms with Gasteiger partial charge in [0, 0.05) is 106 Å². The summed E-state index contributed by atoms with van der Waals surface area (Å²) < 4.78 is 68.9. The van der Waals surface area contributed by atoms with Crippen molar-refractivity contribution in [3.63, 3.8) is 0 Å². The van der Waals surface area contributed by atoms with Crippen molar-refractivity contribution in [1.82, 2.24) is 19.9 Å². The monoisotopic (exact) mass is 1420 g/mol. The van der Waals surface area contributed by atoms with Crippen molar-refractivity contribution >= 4 is 37.4 Å². The van der Waals surface area contributed by atoms with Gasteiger partial charge in [0.1, 0.15) is 34.6 Å². The van der Waals surface area contributed by atoms with Gasteiger partial charge in [-0.15, -0.1) is 0 Å². The lowest BCUT2D eigenvalue weighted by atomic mass is 9.88. The molecule has 0 amide bonds. The molecule has 0 bridgehead atoms. The Kier molecular flexibility index (Phi) is 28.8. The van der Waals surface area contributed by atoms with Crippen molar-refractivity contribution in [3.8, 4) is 46.5 Å². The summed E-state index contributed by atoms with van der Waals surface area (Å²) in [5.41, 5.74) is 18.9. The van der Waals surface area contributed by atoms with Crippen LogP contribution in [0.1, 0.15) is 161 Å². The van der Waals surface area contributed by atoms with Crippen LogP contribution in [0.5, 0.6) is 46.5 Å². The van der Waals surface area contributed by atoms with Crippen LogP contribution in [0.25, 0.3) is 18.2 Å². The predicted octanol–water partition coefficient (Wildman–Crippen LogP) is 19.9. The summed E-state index contributed by atoms with van der Waals surface area (Å²) in [5, 5.41) is 0. The van der Waals surface area contributed by atoms with E-state index in [1.165, 1.54) is 22.3 Å². The molecule has 6 aliphatic rings. The number of rotatable bonds is 17. The quantitative estimate of drug-likeness (QED) is 0.0837. The number of carbonyl (C=O) groups excluding carboxylic acids is 2. The molecule has 4 saturated carbocycles. The molecule has 0 radical (unpaired) electrons. The fraction of sp³-hybridized carbons (Fsp3) is 0.381. The Morgan fingerprint density at radius 1 is 0.427 bits per heavy atom. The molecule has 6 heterocycles. The average Bonchev–Trinajstić information content (AvgIpc) is 1.79. The van der Waals surface area contributed by atoms with Gasteiger partial charge < -0.3 is 52.7 Å². The van der Waals surface area contributed by atoms with Crippen molar-refractivity contribution in [2.45, 2.75) is 168 Å². The number of ketones is 2. The third-order valence-electron chi connectivity index (χ3n) is 18.0. The van der Waals surface area contributed by atoms with Crippen LogP contribution in [0.3, 0.4) is 0 Å². The van der Waals surface area contributed by atoms with Crippen molar-refractivity contribution < 1.29 is 61.1 Å². The van der Waals surface area contributed by atoms with Gasteiger partial charge in [0.05, 0.1) is 45.8 Å². The minimum Gasteiger partial charge on any atom is -0.439 e. The third-order valence-corrected chi connectivity index (χ3v) is 20.1. The SMILES string of the molecule is CCOP(=O)(Cc1cccc(Oc2ccc(C)cn2)c1)OCC.Cc1ccc(Oc2cccc(C=C3CCC(=O)CC3)c2)nc1.Cc1ccc(Oc2cccc(C=C3CCC(N)CC3)c2)nc1.Cc1ccc(Oc2cccc(C=C3CCC4(CC3)OCCO4)c2)nc1.O=C1CCC2(CC1)OCCO2. The number of allylic oxidation sites excluding steroid dienone is 3. The number of aryl methyl sites for hydroxylation is 4. The molecule has 8 aromatic rings. The van der Waals surface area contributed by atoms with Crippen molar-refractivity contribution in [1.29, 1.82) is 0 Å². The van der Waals surface area contributed by atoms with Crippen LogP contribution < -0.4 is 24.7 Å². The summed E-state index contributed by atoms with van der Waals surface area (Å²) in [5.74, 6) is 5.44. The van der Waals surface area contributed by atoms with E-state index < -0.39 is 7.60 Å². The number of Topliss-reactive ketones (excluding diaryl/α,β-unsaturated/α-hetero) is 2. The van der Waals surface area contributed by atoms with E-state index in [4.69, 9.17) is 52.7 Å². The van der Waals surface area contributed by atoms with Crippen LogP contribution in [-0.2, 0) is 48.3 Å². The number of pyridine rings is 4. The highest BCUT2D eigenvalue weighted by Gasteiger charge is 2.40. The predicted molar refractivity (Wildman–Crippen MR) is 402 cm³/mol. The van der Waals surface area contributed by atoms with E-state index in [0.29, 0.717) is 99.0 Å². The first kappa shape index (κ1) is 76.8. The largest absolute Gasteiger partial charge is 0.439 e. The molecule has 0 unspecified atom stereocenters. The second kappa shape index (κ2) is 38.6. The maximum atomic E-state index is 12.6. The van der Waals surface area contributed by atoms with Crippen LogP contribution in [0.15, 0.2) is 187 Å². The Bertz CT molecular complexity index is 4110. The number of ether oxygens (including phenoxy) is 8. The van der Waals surface area contributed by atoms with Gasteiger partial charge in [-0.1, -0.05) is 108 Å². The van der Waals surface area contributed by atoms with Crippen LogP contribution >= 0.6 is 7.60 Å². The molecule has 6 fully saturated rings. The molecule has 2 spiro atoms. The zero-order valence-electron chi connectivity index (χ0n) is 60.4. The van der Waals surface area contributed by atoms with Gasteiger partial charge in [0.2, 0.25) is 23.5 Å². The molecule has 14 rings (SSSR count). The lowest BCUT2D eigenvalue weighted by Crippen LogP contribution is -2.35. The van der Waals surface area contributed by atoms with Gasteiger partial charge in [-0.25, -0.2) is 19.9 Å². The summed E-state index contributed by atoms with van der Waals surface area (Å²) >= 11 is 0. The topological polar surface area (TPSA) is 221 Å². The zero-order valence-corrected chi connectivity index (χ0v) is 61.3. The molecule has 4 aromatic carbocycles. The molecule has 4 aliphatic carbocycles. The Labute approximate surface area is 606 Å². The Morgan fingerprint density at radius 2 is 0.757 bits per heavy atom. The number of carbonyl (C=O) groups is 2. The molecule has 19 heteroatoms. The van der Waals surface area contributed by atoms with E-state index in [1.807, 2.05) is 155 Å². The molecule has 2 aliphatic heterocycles. The number of hydrogen-bond acceptors (Lipinski definition) is 18. The second-order valence-electron chi connectivity index (χ2n) is 26.6. The Hall–Kier alpha value is -8.81. The molecule has 542 valence electrons. The molecular formula is C84H98N5O13P. The van der Waals surface area contributed by atoms with Crippen LogP contribution in [0, 0.1) is 27.7 Å². The normalized spacial score (nSPS) is 17.4. The molecule has 4 aromatic heterocycles. The minimum absolute atomic E-state index is 0.215. The van der Waals surface area contributed by atoms with E-state index in [9.17, 15) is 14.2 Å². The van der Waals surface area contributed by atoms with E-state index >= 15 is 0 Å². The van der Waals surface area contributed by atoms with E-state index in [1.54, 1.807) is 26.2 Å². The maximum Gasteiger partial charge on any atom is 0.335 e. The lowest BCUT2D eigenvalue weighted by molar-refractivity contribution is -0.179. The first-order chi connectivity index (χ1) is 49.9. The van der Waals surface area contributed by atoms with Crippen molar-refractivity contribution in [3.05, 3.63) is 232 Å². The maximum absolute atomic E-state index is 12.6. The Morgan fingerprint density at radius 3 is 1.12 bits per heavy atom. The summed E-state index contributed by atoms with van der Waals surface area (Å²) in [4.78, 5) is 39.2. The molecule has 0 atom stereocenters. The highest BCUT2D eigenvalue weighted by molar-refractivity contribution is 7.53. The van der Waals surface area contributed by atoms with Crippen LogP contribution in [-0.4, -0.2) is 88.8 Å². The van der Waals surface area contributed by atoms with E-state index in [2.05, 4.69) is 68.5 Å². The summed E-state index contributed by atoms with van der Waals surface area (Å²) in [6, 6.07) is 47.4. The molecule has 18 nitrogen and oxygen atoms in total. The van der Waals surface area contributed by atoms with Crippen LogP contribution in [0.4, 0.5) is 0 Å². The summed E-state index contributed by atoms with van der Waals surface area (Å²) in [6.45, 7) is 15.1. The summed E-state index contributed by atoms with van der Waals surface area (Å²) in [7, 11) is -3.12. The van der Waals surface area contributed by atoms with Crippen LogP contribution in [0.2, 0.25) is 0 Å². The second-order valence-corrected chi connectivity index (χ2v) is 28.7. The zero-order chi connectivity index (χ0) is 72.3. The van der Waals surface area contributed by atoms with Gasteiger partial charge in [0.25, 0.3) is 0 Å². The standard InChI is InChI=1S/C21H23NO3.C19H22N2O.C19H19NO2.C17H22NO4P.C8H12O3/c1-16-5-6-20(22-15-16)25-19-4-2-3-18(14-19)13-17-7-9-21(10-8-17)23-11-12-24-21;1-14-5-10-19(21-13-14)22-18-4-2-3-16(12-18)11-15-6-8-17(20)9-7-15;1-14-5-10-19(20-13-14)22-18-4-2-3-16(12-18)11-15-6-8-17(21)9-7-15;1-4-20-23(19,21-5-2)13-15-7-6-8-16(11-15)22-17-10-9-14(3)12-18-17;9-7-1-3-8(4-2-7)10-5-6-11-8/h2-6,13-15H,7-12H2,1H3;2-5,10-13,17H,6-9,20H2,1H3;2-5,10-13H,6-9H2,1H3;6-12H,4-5,13H2,1-3H3;1-6H2. The molecular weight excluding hydrogens is 1320 g/mol. The van der Waals surface area contributed by atoms with E-state index in [0.717, 1.165) is 146 Å². The van der Waals surface area contributed by atoms with Gasteiger partial charge in [-0.05, 0) is 186 Å². The highest BCUT2D eigenvalue weighted by atomic mass is 31.2. The number of nitrogens with zero attached hydrogens (tertiary/aromatic N) is 4. The minimum atomic E-state index is -3.12. The van der Waals surface area contributed by atoms with E-state index in [-0.39, 0.29) is 17.7 Å². The van der Waals surface area contributed by atoms with Gasteiger partial charge in [-0.3, -0.25) is 14.2 Å². The fourth-order valence-electron chi connectivity index (χ4n) is 12.4. The number of benzene rings is 4. The molecule has 2 N–H and O–H groups in total. The lowest BCUT2D eigenvalue weighted by Gasteiger charge is -2.32. The van der Waals surface area contributed by atoms with Gasteiger partial charge >= 0.3 is 7.60 Å². The Balaban J connectivity index is 0.000000141. The first-order valence-corrected chi connectivity index (χ1v) is 37.8. The van der Waals surface area contributed by atoms with Gasteiger partial charge in [0.15, 0.2) is 11.6 Å². The summed E-state index contributed by atoms with van der Waals surface area (Å²) in [6.07, 6.45) is 28.3. The number of aromatic nitrogens is 4. The highest BCUT2D eigenvalue weighted by Crippen LogP contribution is 2.51. The van der Waals surface area contributed by atoms with Crippen molar-refractivity contribution in [2.24, 2.45) is 5.73 Å². The first-order valence-electron chi connectivity index (χ1n) is 36.1. The van der Waals surface area contributed by atoms with Gasteiger partial charge in [-0.2, -0.15) is 0 Å². The van der Waals surface area contributed by atoms with Crippen molar-refractivity contribution in [2.75, 3.05) is 39.6 Å². The molecule has 2 saturated heterocycles.